The summed E-state index contributed by atoms with van der Waals surface area (Å²) in [5.74, 6) is 0.816. The van der Waals surface area contributed by atoms with E-state index in [1.54, 1.807) is 13.4 Å². The predicted molar refractivity (Wildman–Crippen MR) is 63.5 cm³/mol. The number of aromatic nitrogens is 2. The van der Waals surface area contributed by atoms with E-state index in [0.29, 0.717) is 6.54 Å². The average Bonchev–Trinajstić information content (AvgIpc) is 2.35. The van der Waals surface area contributed by atoms with Gasteiger partial charge in [-0.1, -0.05) is 0 Å². The molecule has 1 heterocycles. The second-order valence-corrected chi connectivity index (χ2v) is 3.60. The molecule has 0 aliphatic rings. The van der Waals surface area contributed by atoms with Crippen LogP contribution in [0.1, 0.15) is 12.1 Å². The molecule has 0 spiro atoms. The van der Waals surface area contributed by atoms with Crippen molar-refractivity contribution in [2.45, 2.75) is 12.8 Å². The number of hydrogen-bond acceptors (Lipinski definition) is 4. The van der Waals surface area contributed by atoms with Crippen LogP contribution in [0.25, 0.3) is 10.9 Å². The van der Waals surface area contributed by atoms with Crippen molar-refractivity contribution in [2.75, 3.05) is 13.7 Å². The highest BCUT2D eigenvalue weighted by molar-refractivity contribution is 5.82. The van der Waals surface area contributed by atoms with Gasteiger partial charge in [-0.25, -0.2) is 9.97 Å². The first-order chi connectivity index (χ1) is 7.85. The Kier molecular flexibility index (Phi) is 3.31. The Morgan fingerprint density at radius 1 is 1.31 bits per heavy atom. The van der Waals surface area contributed by atoms with Crippen LogP contribution in [0.2, 0.25) is 0 Å². The quantitative estimate of drug-likeness (QED) is 0.843. The molecule has 0 saturated carbocycles. The Morgan fingerprint density at radius 2 is 2.19 bits per heavy atom. The predicted octanol–water partition coefficient (Wildman–Crippen LogP) is 1.53. The van der Waals surface area contributed by atoms with E-state index < -0.39 is 0 Å². The van der Waals surface area contributed by atoms with Crippen molar-refractivity contribution in [3.8, 4) is 5.75 Å². The standard InChI is InChI=1S/C12H15N3O/c1-16-9-4-5-10-11(3-2-6-13)14-8-15-12(10)7-9/h4-5,7-8H,2-3,6,13H2,1H3. The number of fused-ring (bicyclic) bond motifs is 1. The van der Waals surface area contributed by atoms with Gasteiger partial charge in [-0.15, -0.1) is 0 Å². The van der Waals surface area contributed by atoms with Gasteiger partial charge in [0.2, 0.25) is 0 Å². The van der Waals surface area contributed by atoms with Crippen LogP contribution in [0, 0.1) is 0 Å². The molecule has 0 fully saturated rings. The molecule has 0 saturated heterocycles. The zero-order chi connectivity index (χ0) is 11.4. The molecule has 4 heteroatoms. The fraction of sp³-hybridized carbons (Fsp3) is 0.333. The lowest BCUT2D eigenvalue weighted by Crippen LogP contribution is -2.02. The fourth-order valence-corrected chi connectivity index (χ4v) is 1.69. The van der Waals surface area contributed by atoms with Crippen LogP contribution in [0.5, 0.6) is 5.75 Å². The molecular formula is C12H15N3O. The second kappa shape index (κ2) is 4.90. The Morgan fingerprint density at radius 3 is 2.94 bits per heavy atom. The molecule has 16 heavy (non-hydrogen) atoms. The van der Waals surface area contributed by atoms with E-state index in [1.165, 1.54) is 0 Å². The normalized spacial score (nSPS) is 10.6. The second-order valence-electron chi connectivity index (χ2n) is 3.60. The summed E-state index contributed by atoms with van der Waals surface area (Å²) in [5, 5.41) is 1.08. The minimum atomic E-state index is 0.682. The molecule has 1 aromatic carbocycles. The monoisotopic (exact) mass is 217 g/mol. The number of benzene rings is 1. The molecule has 2 N–H and O–H groups in total. The van der Waals surface area contributed by atoms with Gasteiger partial charge in [0.05, 0.1) is 18.3 Å². The van der Waals surface area contributed by atoms with Gasteiger partial charge in [-0.05, 0) is 31.5 Å². The largest absolute Gasteiger partial charge is 0.497 e. The Hall–Kier alpha value is -1.68. The summed E-state index contributed by atoms with van der Waals surface area (Å²) in [7, 11) is 1.65. The molecular weight excluding hydrogens is 202 g/mol. The maximum absolute atomic E-state index is 5.50. The highest BCUT2D eigenvalue weighted by atomic mass is 16.5. The number of aryl methyl sites for hydroxylation is 1. The van der Waals surface area contributed by atoms with Gasteiger partial charge in [-0.3, -0.25) is 0 Å². The van der Waals surface area contributed by atoms with Crippen molar-refractivity contribution >= 4 is 10.9 Å². The van der Waals surface area contributed by atoms with Crippen LogP contribution < -0.4 is 10.5 Å². The minimum Gasteiger partial charge on any atom is -0.497 e. The number of methoxy groups -OCH3 is 1. The van der Waals surface area contributed by atoms with Crippen LogP contribution >= 0.6 is 0 Å². The zero-order valence-electron chi connectivity index (χ0n) is 9.31. The first-order valence-electron chi connectivity index (χ1n) is 5.33. The molecule has 0 radical (unpaired) electrons. The van der Waals surface area contributed by atoms with Crippen molar-refractivity contribution < 1.29 is 4.74 Å². The Labute approximate surface area is 94.5 Å². The molecule has 2 rings (SSSR count). The molecule has 4 nitrogen and oxygen atoms in total. The third-order valence-electron chi connectivity index (χ3n) is 2.54. The van der Waals surface area contributed by atoms with Crippen LogP contribution in [-0.2, 0) is 6.42 Å². The summed E-state index contributed by atoms with van der Waals surface area (Å²) < 4.78 is 5.16. The summed E-state index contributed by atoms with van der Waals surface area (Å²) in [4.78, 5) is 8.53. The minimum absolute atomic E-state index is 0.682. The van der Waals surface area contributed by atoms with Crippen LogP contribution in [0.15, 0.2) is 24.5 Å². The zero-order valence-corrected chi connectivity index (χ0v) is 9.31. The highest BCUT2D eigenvalue weighted by Crippen LogP contribution is 2.21. The number of nitrogens with zero attached hydrogens (tertiary/aromatic N) is 2. The van der Waals surface area contributed by atoms with Crippen molar-refractivity contribution in [3.63, 3.8) is 0 Å². The summed E-state index contributed by atoms with van der Waals surface area (Å²) in [6.45, 7) is 0.682. The smallest absolute Gasteiger partial charge is 0.121 e. The van der Waals surface area contributed by atoms with Crippen molar-refractivity contribution in [1.29, 1.82) is 0 Å². The molecule has 84 valence electrons. The highest BCUT2D eigenvalue weighted by Gasteiger charge is 2.04. The summed E-state index contributed by atoms with van der Waals surface area (Å²) >= 11 is 0. The lowest BCUT2D eigenvalue weighted by Gasteiger charge is -2.05. The number of ether oxygens (including phenoxy) is 1. The molecule has 0 unspecified atom stereocenters. The van der Waals surface area contributed by atoms with E-state index >= 15 is 0 Å². The Balaban J connectivity index is 2.43. The summed E-state index contributed by atoms with van der Waals surface area (Å²) in [6, 6.07) is 5.85. The molecule has 0 aliphatic heterocycles. The molecule has 2 aromatic rings. The van der Waals surface area contributed by atoms with Gasteiger partial charge in [0, 0.05) is 11.5 Å². The maximum Gasteiger partial charge on any atom is 0.121 e. The van der Waals surface area contributed by atoms with E-state index in [9.17, 15) is 0 Å². The van der Waals surface area contributed by atoms with Crippen molar-refractivity contribution in [1.82, 2.24) is 9.97 Å². The average molecular weight is 217 g/mol. The van der Waals surface area contributed by atoms with Crippen LogP contribution in [-0.4, -0.2) is 23.6 Å². The van der Waals surface area contributed by atoms with Crippen LogP contribution in [0.4, 0.5) is 0 Å². The van der Waals surface area contributed by atoms with Crippen molar-refractivity contribution in [2.24, 2.45) is 5.73 Å². The number of nitrogens with two attached hydrogens (primary N) is 1. The Bertz CT molecular complexity index is 485. The summed E-state index contributed by atoms with van der Waals surface area (Å²) in [6.07, 6.45) is 3.42. The van der Waals surface area contributed by atoms with Gasteiger partial charge >= 0.3 is 0 Å². The maximum atomic E-state index is 5.50. The first kappa shape index (κ1) is 10.8. The molecule has 1 aromatic heterocycles. The van der Waals surface area contributed by atoms with E-state index in [2.05, 4.69) is 9.97 Å². The van der Waals surface area contributed by atoms with Gasteiger partial charge in [0.1, 0.15) is 12.1 Å². The van der Waals surface area contributed by atoms with Crippen molar-refractivity contribution in [3.05, 3.63) is 30.2 Å². The topological polar surface area (TPSA) is 61.0 Å². The van der Waals surface area contributed by atoms with E-state index in [0.717, 1.165) is 35.2 Å². The summed E-state index contributed by atoms with van der Waals surface area (Å²) in [5.41, 5.74) is 7.47. The lowest BCUT2D eigenvalue weighted by atomic mass is 10.1. The van der Waals surface area contributed by atoms with Crippen LogP contribution in [0.3, 0.4) is 0 Å². The van der Waals surface area contributed by atoms with Gasteiger partial charge < -0.3 is 10.5 Å². The SMILES string of the molecule is COc1ccc2c(CCCN)ncnc2c1. The molecule has 0 atom stereocenters. The van der Waals surface area contributed by atoms with Gasteiger partial charge in [-0.2, -0.15) is 0 Å². The van der Waals surface area contributed by atoms with Gasteiger partial charge in [0.25, 0.3) is 0 Å². The molecule has 0 aliphatic carbocycles. The third kappa shape index (κ3) is 2.12. The third-order valence-corrected chi connectivity index (χ3v) is 2.54. The number of hydrogen-bond donors (Lipinski definition) is 1. The van der Waals surface area contributed by atoms with E-state index in [1.807, 2.05) is 18.2 Å². The number of rotatable bonds is 4. The van der Waals surface area contributed by atoms with Gasteiger partial charge in [0.15, 0.2) is 0 Å². The van der Waals surface area contributed by atoms with E-state index in [-0.39, 0.29) is 0 Å². The lowest BCUT2D eigenvalue weighted by molar-refractivity contribution is 0.415. The van der Waals surface area contributed by atoms with E-state index in [4.69, 9.17) is 10.5 Å². The fourth-order valence-electron chi connectivity index (χ4n) is 1.69. The molecule has 0 amide bonds. The molecule has 0 bridgehead atoms. The first-order valence-corrected chi connectivity index (χ1v) is 5.33.